The number of nitrogens with zero attached hydrogens (tertiary/aromatic N) is 4. The van der Waals surface area contributed by atoms with Gasteiger partial charge < -0.3 is 9.88 Å². The van der Waals surface area contributed by atoms with Gasteiger partial charge in [0.15, 0.2) is 11.5 Å². The van der Waals surface area contributed by atoms with Crippen LogP contribution in [0.1, 0.15) is 38.3 Å². The molecule has 0 saturated carbocycles. The molecular formula is C28H27N5O. The Kier molecular flexibility index (Phi) is 5.72. The van der Waals surface area contributed by atoms with Crippen LogP contribution in [0.4, 0.5) is 0 Å². The number of hydrogen-bond donors (Lipinski definition) is 1. The molecule has 5 rings (SSSR count). The predicted octanol–water partition coefficient (Wildman–Crippen LogP) is 5.13. The average Bonchev–Trinajstić information content (AvgIpc) is 3.47. The van der Waals surface area contributed by atoms with Gasteiger partial charge in [-0.2, -0.15) is 5.10 Å². The Morgan fingerprint density at radius 3 is 2.38 bits per heavy atom. The molecule has 0 fully saturated rings. The van der Waals surface area contributed by atoms with E-state index in [-0.39, 0.29) is 5.91 Å². The van der Waals surface area contributed by atoms with Crippen LogP contribution in [0.15, 0.2) is 79.1 Å². The molecule has 0 saturated heterocycles. The van der Waals surface area contributed by atoms with Gasteiger partial charge in [-0.15, -0.1) is 0 Å². The van der Waals surface area contributed by atoms with Crippen molar-refractivity contribution in [2.45, 2.75) is 33.9 Å². The van der Waals surface area contributed by atoms with Crippen LogP contribution in [0.2, 0.25) is 0 Å². The largest absolute Gasteiger partial charge is 0.348 e. The van der Waals surface area contributed by atoms with E-state index in [0.29, 0.717) is 18.7 Å². The first-order valence-electron chi connectivity index (χ1n) is 11.4. The predicted molar refractivity (Wildman–Crippen MR) is 134 cm³/mol. The van der Waals surface area contributed by atoms with Crippen LogP contribution < -0.4 is 5.32 Å². The van der Waals surface area contributed by atoms with Gasteiger partial charge >= 0.3 is 0 Å². The van der Waals surface area contributed by atoms with Crippen LogP contribution in [-0.4, -0.2) is 25.2 Å². The molecule has 2 aromatic carbocycles. The maximum absolute atomic E-state index is 12.6. The summed E-state index contributed by atoms with van der Waals surface area (Å²) in [7, 11) is 0. The van der Waals surface area contributed by atoms with Crippen LogP contribution in [-0.2, 0) is 13.1 Å². The third-order valence-corrected chi connectivity index (χ3v) is 6.11. The Labute approximate surface area is 198 Å². The van der Waals surface area contributed by atoms with Crippen LogP contribution in [0, 0.1) is 20.8 Å². The fourth-order valence-electron chi connectivity index (χ4n) is 4.28. The van der Waals surface area contributed by atoms with E-state index in [4.69, 9.17) is 10.1 Å². The zero-order valence-electron chi connectivity index (χ0n) is 19.6. The lowest BCUT2D eigenvalue weighted by Gasteiger charge is -2.09. The van der Waals surface area contributed by atoms with Crippen LogP contribution >= 0.6 is 0 Å². The molecule has 6 nitrogen and oxygen atoms in total. The minimum absolute atomic E-state index is 0.0813. The Hall–Kier alpha value is -4.19. The summed E-state index contributed by atoms with van der Waals surface area (Å²) in [5, 5.41) is 8.96. The molecule has 0 radical (unpaired) electrons. The molecule has 0 bridgehead atoms. The van der Waals surface area contributed by atoms with E-state index in [9.17, 15) is 4.79 Å². The Morgan fingerprint density at radius 2 is 1.65 bits per heavy atom. The van der Waals surface area contributed by atoms with Gasteiger partial charge in [0.2, 0.25) is 0 Å². The van der Waals surface area contributed by atoms with Crippen molar-refractivity contribution >= 4 is 16.9 Å². The van der Waals surface area contributed by atoms with Crippen molar-refractivity contribution in [1.29, 1.82) is 0 Å². The summed E-state index contributed by atoms with van der Waals surface area (Å²) in [4.78, 5) is 17.4. The number of aryl methyl sites for hydroxylation is 3. The number of carbonyl (C=O) groups is 1. The first kappa shape index (κ1) is 21.6. The zero-order chi connectivity index (χ0) is 23.7. The van der Waals surface area contributed by atoms with E-state index < -0.39 is 0 Å². The van der Waals surface area contributed by atoms with Gasteiger partial charge in [0.05, 0.1) is 11.9 Å². The first-order chi connectivity index (χ1) is 16.5. The molecule has 1 amide bonds. The maximum Gasteiger partial charge on any atom is 0.251 e. The van der Waals surface area contributed by atoms with E-state index in [1.807, 2.05) is 83.2 Å². The Morgan fingerprint density at radius 1 is 0.912 bits per heavy atom. The number of aromatic nitrogens is 4. The second-order valence-corrected chi connectivity index (χ2v) is 8.66. The normalized spacial score (nSPS) is 11.1. The van der Waals surface area contributed by atoms with Crippen molar-refractivity contribution < 1.29 is 4.79 Å². The summed E-state index contributed by atoms with van der Waals surface area (Å²) in [6.45, 7) is 7.23. The van der Waals surface area contributed by atoms with E-state index in [0.717, 1.165) is 39.2 Å². The van der Waals surface area contributed by atoms with Gasteiger partial charge in [-0.25, -0.2) is 9.67 Å². The van der Waals surface area contributed by atoms with Gasteiger partial charge in [0, 0.05) is 30.2 Å². The van der Waals surface area contributed by atoms with Gasteiger partial charge in [-0.1, -0.05) is 36.4 Å². The third-order valence-electron chi connectivity index (χ3n) is 6.11. The van der Waals surface area contributed by atoms with Crippen molar-refractivity contribution in [2.75, 3.05) is 0 Å². The number of pyridine rings is 1. The molecule has 1 N–H and O–H groups in total. The molecule has 0 atom stereocenters. The monoisotopic (exact) mass is 449 g/mol. The number of benzene rings is 2. The number of amides is 1. The molecule has 3 heterocycles. The first-order valence-corrected chi connectivity index (χ1v) is 11.4. The van der Waals surface area contributed by atoms with Gasteiger partial charge in [0.25, 0.3) is 5.91 Å². The standard InChI is InChI=1S/C28H27N5O/c1-19-8-4-5-9-24(19)17-29-28(34)23-12-10-22(11-13-23)18-33-26-25(20(2)16-21(3)30-26)27(31-33)32-14-6-7-15-32/h4-16H,17-18H2,1-3H3,(H,29,34). The second-order valence-electron chi connectivity index (χ2n) is 8.66. The van der Waals surface area contributed by atoms with E-state index in [2.05, 4.69) is 31.3 Å². The highest BCUT2D eigenvalue weighted by atomic mass is 16.1. The van der Waals surface area contributed by atoms with Crippen molar-refractivity contribution in [3.05, 3.63) is 113 Å². The SMILES string of the molecule is Cc1cc(C)c2c(-n3cccc3)nn(Cc3ccc(C(=O)NCc4ccccc4C)cc3)c2n1. The summed E-state index contributed by atoms with van der Waals surface area (Å²) in [5.74, 6) is 0.791. The Balaban J connectivity index is 1.37. The molecule has 0 aliphatic carbocycles. The van der Waals surface area contributed by atoms with Crippen molar-refractivity contribution in [3.8, 4) is 5.82 Å². The van der Waals surface area contributed by atoms with Gasteiger partial charge in [0.1, 0.15) is 0 Å². The fraction of sp³-hybridized carbons (Fsp3) is 0.179. The van der Waals surface area contributed by atoms with Crippen molar-refractivity contribution in [2.24, 2.45) is 0 Å². The molecule has 0 spiro atoms. The highest BCUT2D eigenvalue weighted by molar-refractivity contribution is 5.94. The van der Waals surface area contributed by atoms with Crippen molar-refractivity contribution in [3.63, 3.8) is 0 Å². The number of fused-ring (bicyclic) bond motifs is 1. The maximum atomic E-state index is 12.6. The molecule has 5 aromatic rings. The molecular weight excluding hydrogens is 422 g/mol. The highest BCUT2D eigenvalue weighted by Gasteiger charge is 2.16. The lowest BCUT2D eigenvalue weighted by molar-refractivity contribution is 0.0951. The third kappa shape index (κ3) is 4.22. The van der Waals surface area contributed by atoms with E-state index in [1.165, 1.54) is 5.56 Å². The summed E-state index contributed by atoms with van der Waals surface area (Å²) in [6.07, 6.45) is 3.99. The number of nitrogens with one attached hydrogen (secondary N) is 1. The van der Waals surface area contributed by atoms with E-state index >= 15 is 0 Å². The molecule has 3 aromatic heterocycles. The summed E-state index contributed by atoms with van der Waals surface area (Å²) >= 11 is 0. The lowest BCUT2D eigenvalue weighted by Crippen LogP contribution is -2.23. The van der Waals surface area contributed by atoms with Crippen LogP contribution in [0.5, 0.6) is 0 Å². The number of hydrogen-bond acceptors (Lipinski definition) is 3. The van der Waals surface area contributed by atoms with Crippen LogP contribution in [0.3, 0.4) is 0 Å². The summed E-state index contributed by atoms with van der Waals surface area (Å²) in [5.41, 5.74) is 6.96. The minimum Gasteiger partial charge on any atom is -0.348 e. The molecule has 0 unspecified atom stereocenters. The second kappa shape index (κ2) is 8.98. The topological polar surface area (TPSA) is 64.7 Å². The quantitative estimate of drug-likeness (QED) is 0.391. The fourth-order valence-corrected chi connectivity index (χ4v) is 4.28. The molecule has 0 aliphatic heterocycles. The molecule has 170 valence electrons. The van der Waals surface area contributed by atoms with Gasteiger partial charge in [-0.3, -0.25) is 4.79 Å². The molecule has 6 heteroatoms. The molecule has 34 heavy (non-hydrogen) atoms. The number of carbonyl (C=O) groups excluding carboxylic acids is 1. The van der Waals surface area contributed by atoms with Crippen LogP contribution in [0.25, 0.3) is 16.9 Å². The summed E-state index contributed by atoms with van der Waals surface area (Å²) in [6, 6.07) is 21.8. The average molecular weight is 450 g/mol. The zero-order valence-corrected chi connectivity index (χ0v) is 19.6. The highest BCUT2D eigenvalue weighted by Crippen LogP contribution is 2.26. The lowest BCUT2D eigenvalue weighted by atomic mass is 10.1. The van der Waals surface area contributed by atoms with Gasteiger partial charge in [-0.05, 0) is 73.4 Å². The smallest absolute Gasteiger partial charge is 0.251 e. The summed E-state index contributed by atoms with van der Waals surface area (Å²) < 4.78 is 3.96. The van der Waals surface area contributed by atoms with E-state index in [1.54, 1.807) is 0 Å². The minimum atomic E-state index is -0.0813. The van der Waals surface area contributed by atoms with Crippen molar-refractivity contribution in [1.82, 2.24) is 24.6 Å². The number of rotatable bonds is 6. The molecule has 0 aliphatic rings. The Bertz CT molecular complexity index is 1460.